The maximum absolute atomic E-state index is 12.8. The smallest absolute Gasteiger partial charge is 0.325 e. The van der Waals surface area contributed by atoms with Crippen LogP contribution in [0.4, 0.5) is 4.79 Å². The minimum atomic E-state index is -1.29. The van der Waals surface area contributed by atoms with Gasteiger partial charge < -0.3 is 15.4 Å². The summed E-state index contributed by atoms with van der Waals surface area (Å²) >= 11 is 0. The van der Waals surface area contributed by atoms with E-state index in [2.05, 4.69) is 10.6 Å². The topological polar surface area (TPSA) is 112 Å². The molecule has 8 heteroatoms. The number of benzene rings is 2. The minimum Gasteiger partial charge on any atom is -0.492 e. The number of hydrogen-bond acceptors (Lipinski definition) is 5. The SMILES string of the molecule is CC1(c2ccc(C#N)cc2)NC(=O)N(CC(=O)NCCOc2ccccc2)C1=O. The van der Waals surface area contributed by atoms with E-state index in [-0.39, 0.29) is 19.7 Å². The van der Waals surface area contributed by atoms with Gasteiger partial charge in [-0.2, -0.15) is 5.26 Å². The Balaban J connectivity index is 1.55. The second-order valence-corrected chi connectivity index (χ2v) is 6.65. The summed E-state index contributed by atoms with van der Waals surface area (Å²) in [5.74, 6) is -0.300. The van der Waals surface area contributed by atoms with Crippen LogP contribution in [0.1, 0.15) is 18.1 Å². The second kappa shape index (κ2) is 8.44. The van der Waals surface area contributed by atoms with E-state index in [0.717, 1.165) is 4.90 Å². The highest BCUT2D eigenvalue weighted by Crippen LogP contribution is 2.28. The summed E-state index contributed by atoms with van der Waals surface area (Å²) in [6, 6.07) is 16.9. The second-order valence-electron chi connectivity index (χ2n) is 6.65. The number of urea groups is 1. The third kappa shape index (κ3) is 4.35. The molecule has 1 saturated heterocycles. The molecule has 0 bridgehead atoms. The van der Waals surface area contributed by atoms with Gasteiger partial charge in [-0.05, 0) is 36.8 Å². The van der Waals surface area contributed by atoms with E-state index < -0.39 is 23.4 Å². The van der Waals surface area contributed by atoms with Gasteiger partial charge in [-0.3, -0.25) is 14.5 Å². The molecule has 1 atom stereocenters. The summed E-state index contributed by atoms with van der Waals surface area (Å²) in [5.41, 5.74) is -0.306. The number of nitrogens with zero attached hydrogens (tertiary/aromatic N) is 2. The van der Waals surface area contributed by atoms with Crippen LogP contribution in [0.2, 0.25) is 0 Å². The molecule has 0 radical (unpaired) electrons. The Labute approximate surface area is 168 Å². The standard InChI is InChI=1S/C21H20N4O4/c1-21(16-9-7-15(13-22)8-10-16)19(27)25(20(28)24-21)14-18(26)23-11-12-29-17-5-3-2-4-6-17/h2-10H,11-12,14H2,1H3,(H,23,26)(H,24,28). The van der Waals surface area contributed by atoms with Crippen molar-refractivity contribution in [3.63, 3.8) is 0 Å². The fourth-order valence-corrected chi connectivity index (χ4v) is 2.99. The predicted molar refractivity (Wildman–Crippen MR) is 104 cm³/mol. The van der Waals surface area contributed by atoms with E-state index in [1.165, 1.54) is 0 Å². The van der Waals surface area contributed by atoms with Crippen molar-refractivity contribution in [2.75, 3.05) is 19.7 Å². The van der Waals surface area contributed by atoms with Crippen LogP contribution < -0.4 is 15.4 Å². The summed E-state index contributed by atoms with van der Waals surface area (Å²) in [7, 11) is 0. The number of hydrogen-bond donors (Lipinski definition) is 2. The average Bonchev–Trinajstić information content (AvgIpc) is 2.96. The zero-order valence-corrected chi connectivity index (χ0v) is 15.8. The van der Waals surface area contributed by atoms with E-state index >= 15 is 0 Å². The van der Waals surface area contributed by atoms with Crippen LogP contribution in [-0.4, -0.2) is 42.4 Å². The number of para-hydroxylation sites is 1. The van der Waals surface area contributed by atoms with Crippen molar-refractivity contribution in [2.45, 2.75) is 12.5 Å². The van der Waals surface area contributed by atoms with Crippen molar-refractivity contribution >= 4 is 17.8 Å². The van der Waals surface area contributed by atoms with Crippen molar-refractivity contribution in [1.29, 1.82) is 5.26 Å². The molecule has 148 valence electrons. The zero-order chi connectivity index (χ0) is 20.9. The number of nitrogens with one attached hydrogen (secondary N) is 2. The Morgan fingerprint density at radius 3 is 2.52 bits per heavy atom. The van der Waals surface area contributed by atoms with Gasteiger partial charge in [0.15, 0.2) is 0 Å². The van der Waals surface area contributed by atoms with Crippen molar-refractivity contribution in [2.24, 2.45) is 0 Å². The van der Waals surface area contributed by atoms with Crippen molar-refractivity contribution in [3.8, 4) is 11.8 Å². The number of carbonyl (C=O) groups is 3. The number of amides is 4. The molecule has 2 aromatic rings. The van der Waals surface area contributed by atoms with E-state index in [9.17, 15) is 14.4 Å². The Morgan fingerprint density at radius 1 is 1.17 bits per heavy atom. The summed E-state index contributed by atoms with van der Waals surface area (Å²) < 4.78 is 5.48. The van der Waals surface area contributed by atoms with Crippen molar-refractivity contribution < 1.29 is 19.1 Å². The van der Waals surface area contributed by atoms with E-state index in [1.54, 1.807) is 43.3 Å². The maximum atomic E-state index is 12.8. The number of nitriles is 1. The highest BCUT2D eigenvalue weighted by molar-refractivity contribution is 6.09. The number of imide groups is 1. The molecule has 29 heavy (non-hydrogen) atoms. The van der Waals surface area contributed by atoms with Gasteiger partial charge in [0.2, 0.25) is 5.91 Å². The number of carbonyl (C=O) groups excluding carboxylic acids is 3. The zero-order valence-electron chi connectivity index (χ0n) is 15.8. The maximum Gasteiger partial charge on any atom is 0.325 e. The van der Waals surface area contributed by atoms with Crippen LogP contribution in [0.5, 0.6) is 5.75 Å². The summed E-state index contributed by atoms with van der Waals surface area (Å²) in [5, 5.41) is 14.2. The van der Waals surface area contributed by atoms with Gasteiger partial charge in [-0.1, -0.05) is 30.3 Å². The van der Waals surface area contributed by atoms with Crippen LogP contribution in [0.25, 0.3) is 0 Å². The Bertz CT molecular complexity index is 953. The molecular weight excluding hydrogens is 372 g/mol. The highest BCUT2D eigenvalue weighted by atomic mass is 16.5. The first kappa shape index (κ1) is 19.9. The first-order chi connectivity index (χ1) is 13.9. The van der Waals surface area contributed by atoms with Crippen molar-refractivity contribution in [1.82, 2.24) is 15.5 Å². The Morgan fingerprint density at radius 2 is 1.86 bits per heavy atom. The molecule has 1 heterocycles. The molecule has 1 fully saturated rings. The minimum absolute atomic E-state index is 0.240. The monoisotopic (exact) mass is 392 g/mol. The van der Waals surface area contributed by atoms with Crippen LogP contribution in [0.15, 0.2) is 54.6 Å². The number of rotatable bonds is 7. The van der Waals surface area contributed by atoms with Gasteiger partial charge >= 0.3 is 6.03 Å². The molecule has 0 spiro atoms. The molecule has 0 aromatic heterocycles. The Kier molecular flexibility index (Phi) is 5.79. The van der Waals surface area contributed by atoms with Gasteiger partial charge in [0.25, 0.3) is 5.91 Å². The lowest BCUT2D eigenvalue weighted by Crippen LogP contribution is -2.43. The predicted octanol–water partition coefficient (Wildman–Crippen LogP) is 1.52. The molecule has 1 unspecified atom stereocenters. The van der Waals surface area contributed by atoms with E-state index in [0.29, 0.717) is 16.9 Å². The molecule has 3 rings (SSSR count). The first-order valence-corrected chi connectivity index (χ1v) is 9.03. The summed E-state index contributed by atoms with van der Waals surface area (Å²) in [6.45, 7) is 1.69. The summed E-state index contributed by atoms with van der Waals surface area (Å²) in [6.07, 6.45) is 0. The molecule has 0 saturated carbocycles. The van der Waals surface area contributed by atoms with Gasteiger partial charge in [0, 0.05) is 0 Å². The number of ether oxygens (including phenoxy) is 1. The van der Waals surface area contributed by atoms with Gasteiger partial charge in [0.05, 0.1) is 18.2 Å². The molecular formula is C21H20N4O4. The van der Waals surface area contributed by atoms with E-state index in [4.69, 9.17) is 10.00 Å². The third-order valence-electron chi connectivity index (χ3n) is 4.60. The molecule has 8 nitrogen and oxygen atoms in total. The van der Waals surface area contributed by atoms with E-state index in [1.807, 2.05) is 24.3 Å². The molecule has 1 aliphatic rings. The van der Waals surface area contributed by atoms with Crippen LogP contribution in [0.3, 0.4) is 0 Å². The molecule has 1 aliphatic heterocycles. The normalized spacial score (nSPS) is 18.1. The largest absolute Gasteiger partial charge is 0.492 e. The molecule has 0 aliphatic carbocycles. The lowest BCUT2D eigenvalue weighted by Gasteiger charge is -2.22. The quantitative estimate of drug-likeness (QED) is 0.548. The fraction of sp³-hybridized carbons (Fsp3) is 0.238. The lowest BCUT2D eigenvalue weighted by atomic mass is 9.91. The Hall–Kier alpha value is -3.86. The van der Waals surface area contributed by atoms with Gasteiger partial charge in [0.1, 0.15) is 24.4 Å². The molecule has 4 amide bonds. The molecule has 2 N–H and O–H groups in total. The van der Waals surface area contributed by atoms with Crippen LogP contribution in [-0.2, 0) is 15.1 Å². The third-order valence-corrected chi connectivity index (χ3v) is 4.60. The van der Waals surface area contributed by atoms with Crippen LogP contribution >= 0.6 is 0 Å². The molecule has 2 aromatic carbocycles. The van der Waals surface area contributed by atoms with Gasteiger partial charge in [-0.25, -0.2) is 4.79 Å². The van der Waals surface area contributed by atoms with Gasteiger partial charge in [-0.15, -0.1) is 0 Å². The highest BCUT2D eigenvalue weighted by Gasteiger charge is 2.49. The lowest BCUT2D eigenvalue weighted by molar-refractivity contribution is -0.134. The summed E-state index contributed by atoms with van der Waals surface area (Å²) in [4.78, 5) is 38.1. The van der Waals surface area contributed by atoms with Crippen molar-refractivity contribution in [3.05, 3.63) is 65.7 Å². The van der Waals surface area contributed by atoms with Crippen LogP contribution in [0, 0.1) is 11.3 Å². The average molecular weight is 392 g/mol. The fourth-order valence-electron chi connectivity index (χ4n) is 2.99. The first-order valence-electron chi connectivity index (χ1n) is 9.03.